The number of likely N-dealkylation sites (tertiary alicyclic amines) is 1. The van der Waals surface area contributed by atoms with Gasteiger partial charge in [-0.25, -0.2) is 4.79 Å². The summed E-state index contributed by atoms with van der Waals surface area (Å²) in [4.78, 5) is 19.3. The molecule has 21 heavy (non-hydrogen) atoms. The molecular formula is C15H18Cl2N2O2. The molecule has 1 aromatic rings. The molecule has 6 heteroatoms. The molecule has 0 amide bonds. The first-order valence-electron chi connectivity index (χ1n) is 6.82. The highest BCUT2D eigenvalue weighted by atomic mass is 35.5. The van der Waals surface area contributed by atoms with Gasteiger partial charge in [-0.1, -0.05) is 35.3 Å². The van der Waals surface area contributed by atoms with Gasteiger partial charge < -0.3 is 9.74 Å². The summed E-state index contributed by atoms with van der Waals surface area (Å²) in [5.41, 5.74) is 1.25. The zero-order valence-electron chi connectivity index (χ0n) is 12.3. The summed E-state index contributed by atoms with van der Waals surface area (Å²) in [5, 5.41) is 4.76. The summed E-state index contributed by atoms with van der Waals surface area (Å²) in [7, 11) is 2.08. The van der Waals surface area contributed by atoms with Gasteiger partial charge in [-0.15, -0.1) is 0 Å². The Morgan fingerprint density at radius 1 is 1.33 bits per heavy atom. The van der Waals surface area contributed by atoms with Gasteiger partial charge in [0, 0.05) is 24.9 Å². The predicted octanol–water partition coefficient (Wildman–Crippen LogP) is 3.87. The van der Waals surface area contributed by atoms with Gasteiger partial charge in [0.05, 0.1) is 21.3 Å². The molecule has 2 atom stereocenters. The van der Waals surface area contributed by atoms with E-state index in [0.717, 1.165) is 18.7 Å². The minimum atomic E-state index is -0.528. The molecule has 0 bridgehead atoms. The molecule has 0 radical (unpaired) electrons. The molecule has 1 aliphatic rings. The number of hydrogen-bond acceptors (Lipinski definition) is 4. The molecule has 2 rings (SSSR count). The fourth-order valence-corrected chi connectivity index (χ4v) is 2.58. The Morgan fingerprint density at radius 2 is 2.05 bits per heavy atom. The van der Waals surface area contributed by atoms with Gasteiger partial charge in [0.2, 0.25) is 0 Å². The molecule has 0 aliphatic carbocycles. The van der Waals surface area contributed by atoms with Crippen molar-refractivity contribution in [1.82, 2.24) is 4.90 Å². The molecule has 1 heterocycles. The third kappa shape index (κ3) is 3.96. The van der Waals surface area contributed by atoms with Gasteiger partial charge in [0.15, 0.2) is 0 Å². The Bertz CT molecular complexity index is 575. The van der Waals surface area contributed by atoms with Crippen LogP contribution >= 0.6 is 23.2 Å². The second kappa shape index (κ2) is 6.77. The Balaban J connectivity index is 2.05. The lowest BCUT2D eigenvalue weighted by atomic mass is 9.93. The van der Waals surface area contributed by atoms with Crippen molar-refractivity contribution in [1.29, 1.82) is 0 Å². The molecule has 1 saturated heterocycles. The quantitative estimate of drug-likeness (QED) is 0.611. The maximum absolute atomic E-state index is 12.0. The van der Waals surface area contributed by atoms with E-state index in [2.05, 4.69) is 31.0 Å². The van der Waals surface area contributed by atoms with Gasteiger partial charge >= 0.3 is 5.97 Å². The van der Waals surface area contributed by atoms with Crippen molar-refractivity contribution < 1.29 is 9.63 Å². The van der Waals surface area contributed by atoms with Crippen molar-refractivity contribution in [3.05, 3.63) is 33.8 Å². The molecule has 2 unspecified atom stereocenters. The van der Waals surface area contributed by atoms with Crippen molar-refractivity contribution in [2.75, 3.05) is 13.6 Å². The molecule has 1 fully saturated rings. The Kier molecular flexibility index (Phi) is 5.25. The lowest BCUT2D eigenvalue weighted by Gasteiger charge is -2.34. The smallest absolute Gasteiger partial charge is 0.313 e. The first-order valence-corrected chi connectivity index (χ1v) is 7.57. The zero-order chi connectivity index (χ0) is 15.6. The molecule has 0 N–H and O–H groups in total. The van der Waals surface area contributed by atoms with E-state index >= 15 is 0 Å². The average Bonchev–Trinajstić information content (AvgIpc) is 2.44. The van der Waals surface area contributed by atoms with Crippen molar-refractivity contribution >= 4 is 34.9 Å². The first-order chi connectivity index (χ1) is 9.88. The summed E-state index contributed by atoms with van der Waals surface area (Å²) in [6, 6.07) is 5.00. The van der Waals surface area contributed by atoms with E-state index in [1.54, 1.807) is 12.1 Å². The molecule has 0 aromatic heterocycles. The fraction of sp³-hybridized carbons (Fsp3) is 0.467. The summed E-state index contributed by atoms with van der Waals surface area (Å²) >= 11 is 11.7. The lowest BCUT2D eigenvalue weighted by molar-refractivity contribution is 0.0508. The number of nitrogens with zero attached hydrogens (tertiary/aromatic N) is 2. The predicted molar refractivity (Wildman–Crippen MR) is 85.2 cm³/mol. The SMILES string of the molecule is CC1CN(C)C(C)C/C1=N/OC(=O)c1ccc(Cl)c(Cl)c1. The molecule has 4 nitrogen and oxygen atoms in total. The van der Waals surface area contributed by atoms with E-state index in [9.17, 15) is 4.79 Å². The van der Waals surface area contributed by atoms with Crippen LogP contribution in [0.4, 0.5) is 0 Å². The number of piperidine rings is 1. The number of carbonyl (C=O) groups excluding carboxylic acids is 1. The first kappa shape index (κ1) is 16.3. The monoisotopic (exact) mass is 328 g/mol. The maximum atomic E-state index is 12.0. The number of halogens is 2. The highest BCUT2D eigenvalue weighted by molar-refractivity contribution is 6.42. The second-order valence-corrected chi connectivity index (χ2v) is 6.30. The summed E-state index contributed by atoms with van der Waals surface area (Å²) in [6.45, 7) is 5.11. The van der Waals surface area contributed by atoms with Gasteiger partial charge in [0.1, 0.15) is 0 Å². The highest BCUT2D eigenvalue weighted by Gasteiger charge is 2.26. The third-order valence-corrected chi connectivity index (χ3v) is 4.53. The summed E-state index contributed by atoms with van der Waals surface area (Å²) < 4.78 is 0. The standard InChI is InChI=1S/C15H18Cl2N2O2/c1-9-8-19(3)10(2)6-14(9)18-21-15(20)11-4-5-12(16)13(17)7-11/h4-5,7,9-10H,6,8H2,1-3H3/b18-14-. The Labute approximate surface area is 134 Å². The molecular weight excluding hydrogens is 311 g/mol. The van der Waals surface area contributed by atoms with Crippen molar-refractivity contribution in [3.8, 4) is 0 Å². The third-order valence-electron chi connectivity index (χ3n) is 3.79. The Morgan fingerprint density at radius 3 is 2.71 bits per heavy atom. The Hall–Kier alpha value is -1.10. The van der Waals surface area contributed by atoms with Crippen LogP contribution in [0.15, 0.2) is 23.4 Å². The molecule has 0 saturated carbocycles. The van der Waals surface area contributed by atoms with Crippen LogP contribution in [-0.2, 0) is 4.84 Å². The largest absolute Gasteiger partial charge is 0.365 e. The van der Waals surface area contributed by atoms with Gasteiger partial charge in [-0.3, -0.25) is 0 Å². The highest BCUT2D eigenvalue weighted by Crippen LogP contribution is 2.23. The van der Waals surface area contributed by atoms with E-state index in [-0.39, 0.29) is 5.92 Å². The average molecular weight is 329 g/mol. The van der Waals surface area contributed by atoms with Crippen LogP contribution in [-0.4, -0.2) is 36.2 Å². The van der Waals surface area contributed by atoms with E-state index in [4.69, 9.17) is 28.0 Å². The van der Waals surface area contributed by atoms with Crippen LogP contribution in [0.5, 0.6) is 0 Å². The molecule has 114 valence electrons. The minimum absolute atomic E-state index is 0.271. The van der Waals surface area contributed by atoms with Crippen LogP contribution in [0.2, 0.25) is 10.0 Å². The van der Waals surface area contributed by atoms with Gasteiger partial charge in [-0.2, -0.15) is 0 Å². The summed E-state index contributed by atoms with van der Waals surface area (Å²) in [5.74, 6) is -0.257. The van der Waals surface area contributed by atoms with Crippen molar-refractivity contribution in [2.24, 2.45) is 11.1 Å². The fourth-order valence-electron chi connectivity index (χ4n) is 2.28. The minimum Gasteiger partial charge on any atom is -0.313 e. The molecule has 1 aliphatic heterocycles. The van der Waals surface area contributed by atoms with Crippen LogP contribution in [0.1, 0.15) is 30.6 Å². The lowest BCUT2D eigenvalue weighted by Crippen LogP contribution is -2.43. The number of hydrogen-bond donors (Lipinski definition) is 0. The topological polar surface area (TPSA) is 41.9 Å². The van der Waals surface area contributed by atoms with Gasteiger partial charge in [0.25, 0.3) is 0 Å². The number of oxime groups is 1. The van der Waals surface area contributed by atoms with Crippen molar-refractivity contribution in [2.45, 2.75) is 26.3 Å². The zero-order valence-corrected chi connectivity index (χ0v) is 13.8. The van der Waals surface area contributed by atoms with E-state index in [0.29, 0.717) is 21.7 Å². The van der Waals surface area contributed by atoms with E-state index in [1.807, 2.05) is 0 Å². The maximum Gasteiger partial charge on any atom is 0.365 e. The van der Waals surface area contributed by atoms with Gasteiger partial charge in [-0.05, 0) is 32.2 Å². The van der Waals surface area contributed by atoms with Crippen molar-refractivity contribution in [3.63, 3.8) is 0 Å². The number of benzene rings is 1. The molecule has 1 aromatic carbocycles. The molecule has 0 spiro atoms. The van der Waals surface area contributed by atoms with E-state index in [1.165, 1.54) is 6.07 Å². The number of carbonyl (C=O) groups is 1. The normalized spacial score (nSPS) is 25.1. The van der Waals surface area contributed by atoms with Crippen LogP contribution < -0.4 is 0 Å². The van der Waals surface area contributed by atoms with Crippen LogP contribution in [0, 0.1) is 5.92 Å². The summed E-state index contributed by atoms with van der Waals surface area (Å²) in [6.07, 6.45) is 0.798. The van der Waals surface area contributed by atoms with Crippen LogP contribution in [0.3, 0.4) is 0 Å². The van der Waals surface area contributed by atoms with E-state index < -0.39 is 5.97 Å². The number of rotatable bonds is 2. The second-order valence-electron chi connectivity index (χ2n) is 5.48. The van der Waals surface area contributed by atoms with Crippen LogP contribution in [0.25, 0.3) is 0 Å².